The molecule has 1 unspecified atom stereocenters. The van der Waals surface area contributed by atoms with Crippen LogP contribution in [0, 0.1) is 0 Å². The fourth-order valence-electron chi connectivity index (χ4n) is 3.92. The molecule has 1 aliphatic heterocycles. The second-order valence-corrected chi connectivity index (χ2v) is 7.56. The van der Waals surface area contributed by atoms with Crippen LogP contribution < -0.4 is 9.47 Å². The summed E-state index contributed by atoms with van der Waals surface area (Å²) < 4.78 is 17.0. The Bertz CT molecular complexity index is 604. The first kappa shape index (κ1) is 19.0. The lowest BCUT2D eigenvalue weighted by Crippen LogP contribution is -2.44. The molecule has 144 valence electrons. The average Bonchev–Trinajstić information content (AvgIpc) is 3.32. The number of hydrogen-bond acceptors (Lipinski definition) is 4. The minimum absolute atomic E-state index is 0.0682. The Labute approximate surface area is 156 Å². The highest BCUT2D eigenvalue weighted by Crippen LogP contribution is 2.32. The van der Waals surface area contributed by atoms with Gasteiger partial charge in [-0.15, -0.1) is 0 Å². The number of hydrogen-bond donors (Lipinski definition) is 0. The number of benzene rings is 1. The third-order valence-electron chi connectivity index (χ3n) is 5.20. The molecule has 1 heterocycles. The molecule has 0 bridgehead atoms. The van der Waals surface area contributed by atoms with Crippen LogP contribution in [0.15, 0.2) is 18.2 Å². The molecule has 0 N–H and O–H groups in total. The van der Waals surface area contributed by atoms with E-state index >= 15 is 0 Å². The van der Waals surface area contributed by atoms with Gasteiger partial charge in [-0.05, 0) is 57.2 Å². The molecule has 2 fully saturated rings. The Morgan fingerprint density at radius 2 is 1.96 bits per heavy atom. The molecule has 1 saturated carbocycles. The van der Waals surface area contributed by atoms with Crippen LogP contribution in [0.4, 0.5) is 0 Å². The molecule has 0 aromatic heterocycles. The second kappa shape index (κ2) is 8.76. The third-order valence-corrected chi connectivity index (χ3v) is 5.20. The van der Waals surface area contributed by atoms with Gasteiger partial charge in [0.05, 0.1) is 13.2 Å². The fraction of sp³-hybridized carbons (Fsp3) is 0.667. The van der Waals surface area contributed by atoms with Gasteiger partial charge in [0.2, 0.25) is 0 Å². The molecular weight excluding hydrogens is 330 g/mol. The van der Waals surface area contributed by atoms with E-state index in [2.05, 4.69) is 0 Å². The third kappa shape index (κ3) is 4.50. The highest BCUT2D eigenvalue weighted by molar-refractivity contribution is 5.81. The van der Waals surface area contributed by atoms with Crippen molar-refractivity contribution in [2.24, 2.45) is 0 Å². The van der Waals surface area contributed by atoms with Gasteiger partial charge in [-0.2, -0.15) is 0 Å². The summed E-state index contributed by atoms with van der Waals surface area (Å²) >= 11 is 0. The molecule has 1 atom stereocenters. The molecule has 0 radical (unpaired) electrons. The first-order valence-electron chi connectivity index (χ1n) is 9.84. The summed E-state index contributed by atoms with van der Waals surface area (Å²) in [6.45, 7) is 5.29. The first-order valence-corrected chi connectivity index (χ1v) is 9.84. The Hall–Kier alpha value is -1.75. The van der Waals surface area contributed by atoms with Gasteiger partial charge in [0.1, 0.15) is 6.10 Å². The number of rotatable bonds is 7. The van der Waals surface area contributed by atoms with Crippen molar-refractivity contribution in [2.75, 3.05) is 13.7 Å². The second-order valence-electron chi connectivity index (χ2n) is 7.56. The summed E-state index contributed by atoms with van der Waals surface area (Å²) in [5.41, 5.74) is 1.07. The monoisotopic (exact) mass is 361 g/mol. The van der Waals surface area contributed by atoms with Crippen molar-refractivity contribution in [2.45, 2.75) is 77.2 Å². The van der Waals surface area contributed by atoms with E-state index in [1.54, 1.807) is 7.11 Å². The molecular formula is C21H31NO4. The van der Waals surface area contributed by atoms with Crippen LogP contribution in [0.5, 0.6) is 11.5 Å². The van der Waals surface area contributed by atoms with Crippen LogP contribution >= 0.6 is 0 Å². The van der Waals surface area contributed by atoms with Crippen LogP contribution in [0.3, 0.4) is 0 Å². The predicted molar refractivity (Wildman–Crippen MR) is 101 cm³/mol. The maximum Gasteiger partial charge on any atom is 0.252 e. The van der Waals surface area contributed by atoms with E-state index in [0.717, 1.165) is 42.7 Å². The zero-order valence-corrected chi connectivity index (χ0v) is 16.2. The summed E-state index contributed by atoms with van der Waals surface area (Å²) in [5, 5.41) is 0. The van der Waals surface area contributed by atoms with Crippen molar-refractivity contribution >= 4 is 5.91 Å². The van der Waals surface area contributed by atoms with Crippen molar-refractivity contribution in [1.29, 1.82) is 0 Å². The van der Waals surface area contributed by atoms with Gasteiger partial charge in [-0.3, -0.25) is 4.79 Å². The molecule has 0 spiro atoms. The molecule has 1 saturated heterocycles. The lowest BCUT2D eigenvalue weighted by atomic mass is 10.1. The van der Waals surface area contributed by atoms with Gasteiger partial charge < -0.3 is 19.1 Å². The zero-order chi connectivity index (χ0) is 18.5. The van der Waals surface area contributed by atoms with Crippen LogP contribution in [0.25, 0.3) is 0 Å². The van der Waals surface area contributed by atoms with E-state index in [0.29, 0.717) is 19.2 Å². The van der Waals surface area contributed by atoms with E-state index in [9.17, 15) is 4.79 Å². The van der Waals surface area contributed by atoms with Gasteiger partial charge in [0.25, 0.3) is 5.91 Å². The summed E-state index contributed by atoms with van der Waals surface area (Å²) in [7, 11) is 1.65. The fourth-order valence-corrected chi connectivity index (χ4v) is 3.92. The van der Waals surface area contributed by atoms with Crippen molar-refractivity contribution in [1.82, 2.24) is 4.90 Å². The van der Waals surface area contributed by atoms with Crippen molar-refractivity contribution < 1.29 is 19.0 Å². The maximum absolute atomic E-state index is 13.1. The van der Waals surface area contributed by atoms with Crippen molar-refractivity contribution in [3.63, 3.8) is 0 Å². The number of carbonyl (C=O) groups is 1. The molecule has 1 amide bonds. The maximum atomic E-state index is 13.1. The Kier molecular flexibility index (Phi) is 6.41. The molecule has 26 heavy (non-hydrogen) atoms. The highest BCUT2D eigenvalue weighted by atomic mass is 16.5. The van der Waals surface area contributed by atoms with E-state index in [4.69, 9.17) is 14.2 Å². The number of amides is 1. The summed E-state index contributed by atoms with van der Waals surface area (Å²) in [6.07, 6.45) is 6.19. The van der Waals surface area contributed by atoms with E-state index < -0.39 is 0 Å². The molecule has 1 aromatic carbocycles. The van der Waals surface area contributed by atoms with Crippen LogP contribution in [0.1, 0.15) is 57.9 Å². The van der Waals surface area contributed by atoms with Crippen molar-refractivity contribution in [3.05, 3.63) is 23.8 Å². The zero-order valence-electron chi connectivity index (χ0n) is 16.2. The lowest BCUT2D eigenvalue weighted by molar-refractivity contribution is -0.144. The number of carbonyl (C=O) groups excluding carboxylic acids is 1. The molecule has 2 aliphatic rings. The summed E-state index contributed by atoms with van der Waals surface area (Å²) in [4.78, 5) is 15.1. The van der Waals surface area contributed by atoms with Gasteiger partial charge in [0.15, 0.2) is 11.5 Å². The van der Waals surface area contributed by atoms with Gasteiger partial charge in [0, 0.05) is 19.2 Å². The van der Waals surface area contributed by atoms with Crippen molar-refractivity contribution in [3.8, 4) is 11.5 Å². The number of nitrogens with zero attached hydrogens (tertiary/aromatic N) is 1. The smallest absolute Gasteiger partial charge is 0.252 e. The lowest BCUT2D eigenvalue weighted by Gasteiger charge is -2.31. The summed E-state index contributed by atoms with van der Waals surface area (Å²) in [6, 6.07) is 6.28. The Balaban J connectivity index is 1.80. The SMILES string of the molecule is COc1ccc(CN(C(=O)C2CCCO2)C2CCCC2)cc1OC(C)C. The number of methoxy groups -OCH3 is 1. The van der Waals surface area contributed by atoms with E-state index in [1.807, 2.05) is 36.9 Å². The topological polar surface area (TPSA) is 48.0 Å². The minimum atomic E-state index is -0.264. The van der Waals surface area contributed by atoms with Crippen LogP contribution in [0.2, 0.25) is 0 Å². The predicted octanol–water partition coefficient (Wildman–Crippen LogP) is 3.93. The van der Waals surface area contributed by atoms with Crippen LogP contribution in [-0.4, -0.2) is 42.8 Å². The molecule has 5 heteroatoms. The quantitative estimate of drug-likeness (QED) is 0.738. The Morgan fingerprint density at radius 1 is 1.19 bits per heavy atom. The highest BCUT2D eigenvalue weighted by Gasteiger charge is 2.33. The first-order chi connectivity index (χ1) is 12.6. The van der Waals surface area contributed by atoms with E-state index in [1.165, 1.54) is 12.8 Å². The molecule has 1 aromatic rings. The molecule has 5 nitrogen and oxygen atoms in total. The Morgan fingerprint density at radius 3 is 2.58 bits per heavy atom. The normalized spacial score (nSPS) is 20.5. The number of ether oxygens (including phenoxy) is 3. The summed E-state index contributed by atoms with van der Waals surface area (Å²) in [5.74, 6) is 1.60. The standard InChI is InChI=1S/C21H31NO4/c1-15(2)26-20-13-16(10-11-18(20)24-3)14-22(17-7-4-5-8-17)21(23)19-9-6-12-25-19/h10-11,13,15,17,19H,4-9,12,14H2,1-3H3. The minimum Gasteiger partial charge on any atom is -0.493 e. The van der Waals surface area contributed by atoms with Gasteiger partial charge in [-0.1, -0.05) is 18.9 Å². The average molecular weight is 361 g/mol. The van der Waals surface area contributed by atoms with E-state index in [-0.39, 0.29) is 18.1 Å². The largest absolute Gasteiger partial charge is 0.493 e. The molecule has 3 rings (SSSR count). The molecule has 1 aliphatic carbocycles. The van der Waals surface area contributed by atoms with Gasteiger partial charge in [-0.25, -0.2) is 0 Å². The van der Waals surface area contributed by atoms with Gasteiger partial charge >= 0.3 is 0 Å². The van der Waals surface area contributed by atoms with Crippen LogP contribution in [-0.2, 0) is 16.1 Å².